The van der Waals surface area contributed by atoms with E-state index in [1.54, 1.807) is 0 Å². The average molecular weight is 1190 g/mol. The van der Waals surface area contributed by atoms with Crippen LogP contribution in [0.1, 0.15) is 96.9 Å². The lowest BCUT2D eigenvalue weighted by molar-refractivity contribution is 0.00690. The molecule has 22 heteroatoms. The molecule has 0 radical (unpaired) electrons. The van der Waals surface area contributed by atoms with Crippen LogP contribution in [-0.2, 0) is 49.4 Å². The van der Waals surface area contributed by atoms with Crippen LogP contribution < -0.4 is 15.6 Å². The van der Waals surface area contributed by atoms with E-state index in [9.17, 15) is 0 Å². The van der Waals surface area contributed by atoms with Gasteiger partial charge in [-0.3, -0.25) is 0 Å². The zero-order valence-corrected chi connectivity index (χ0v) is 59.1. The first-order valence-corrected chi connectivity index (χ1v) is 50.0. The lowest BCUT2D eigenvalue weighted by atomic mass is 10.3. The van der Waals surface area contributed by atoms with E-state index < -0.39 is 86.6 Å². The summed E-state index contributed by atoms with van der Waals surface area (Å²) in [6, 6.07) is 34.8. The molecule has 3 aliphatic rings. The largest absolute Gasteiger partial charge is 0.479 e. The minimum atomic E-state index is -4.24. The van der Waals surface area contributed by atoms with E-state index in [2.05, 4.69) is 227 Å². The van der Waals surface area contributed by atoms with E-state index in [-0.39, 0.29) is 41.4 Å². The van der Waals surface area contributed by atoms with Crippen molar-refractivity contribution in [1.29, 1.82) is 0 Å². The highest BCUT2D eigenvalue weighted by atomic mass is 28.6. The fraction of sp³-hybridized carbons (Fsp3) is 0.654. The molecular formula is C52H96O12Si10. The molecule has 3 heterocycles. The van der Waals surface area contributed by atoms with Crippen LogP contribution in [0.2, 0.25) is 81.6 Å². The summed E-state index contributed by atoms with van der Waals surface area (Å²) in [4.78, 5) is 0. The van der Waals surface area contributed by atoms with E-state index in [1.165, 1.54) is 0 Å². The molecular weight excluding hydrogens is 1100 g/mol. The molecule has 0 amide bonds. The van der Waals surface area contributed by atoms with Crippen LogP contribution in [0.3, 0.4) is 0 Å². The van der Waals surface area contributed by atoms with Gasteiger partial charge in [0.25, 0.3) is 0 Å². The number of rotatable bonds is 23. The van der Waals surface area contributed by atoms with Gasteiger partial charge in [-0.05, 0) is 96.3 Å². The van der Waals surface area contributed by atoms with Crippen molar-refractivity contribution in [3.8, 4) is 0 Å². The molecule has 3 fully saturated rings. The average Bonchev–Trinajstić information content (AvgIpc) is 3.20. The summed E-state index contributed by atoms with van der Waals surface area (Å²) in [5.74, 6) is 0.359. The summed E-state index contributed by atoms with van der Waals surface area (Å²) >= 11 is 0. The number of benzene rings is 3. The van der Waals surface area contributed by atoms with Gasteiger partial charge in [-0.1, -0.05) is 188 Å². The summed E-state index contributed by atoms with van der Waals surface area (Å²) in [5.41, 5.74) is 0. The normalized spacial score (nSPS) is 30.4. The molecule has 0 N–H and O–H groups in total. The highest BCUT2D eigenvalue weighted by molar-refractivity contribution is 7.03. The van der Waals surface area contributed by atoms with E-state index >= 15 is 0 Å². The second kappa shape index (κ2) is 24.2. The zero-order valence-electron chi connectivity index (χ0n) is 49.1. The van der Waals surface area contributed by atoms with Gasteiger partial charge in [-0.15, -0.1) is 0 Å². The van der Waals surface area contributed by atoms with Crippen molar-refractivity contribution in [2.75, 3.05) is 0 Å². The lowest BCUT2D eigenvalue weighted by Gasteiger charge is -2.60. The van der Waals surface area contributed by atoms with Crippen molar-refractivity contribution in [3.05, 3.63) is 91.0 Å². The molecule has 0 saturated carbocycles. The SMILES string of the molecule is CC(C)C[Si]12O[Si]3(CC(C)C)O[Si](CC(C)C)(O[Si](C)(C)c4ccccc4)O[Si](CC(C)C)(O1)O[Si](CC(C)C)(O[Si](C)(C)c1ccccc1)O[Si](CC(C)C)(O2)O[Si](CC(C)C)(O[Si](C)(C)c1ccccc1)O3. The van der Waals surface area contributed by atoms with Crippen LogP contribution in [0.15, 0.2) is 91.0 Å². The van der Waals surface area contributed by atoms with Crippen molar-refractivity contribution in [3.63, 3.8) is 0 Å². The molecule has 3 aromatic rings. The summed E-state index contributed by atoms with van der Waals surface area (Å²) in [6.07, 6.45) is 0. The maximum absolute atomic E-state index is 8.35. The van der Waals surface area contributed by atoms with E-state index in [4.69, 9.17) is 49.4 Å². The third-order valence-electron chi connectivity index (χ3n) is 13.0. The highest BCUT2D eigenvalue weighted by Gasteiger charge is 2.79. The molecule has 3 aliphatic heterocycles. The maximum Gasteiger partial charge on any atom is 0.479 e. The van der Waals surface area contributed by atoms with Gasteiger partial charge in [0.2, 0.25) is 25.0 Å². The summed E-state index contributed by atoms with van der Waals surface area (Å²) in [6.45, 7) is 44.5. The van der Waals surface area contributed by atoms with Crippen LogP contribution in [0.25, 0.3) is 0 Å². The maximum atomic E-state index is 8.35. The van der Waals surface area contributed by atoms with Gasteiger partial charge < -0.3 is 49.4 Å². The zero-order chi connectivity index (χ0) is 54.8. The number of hydrogen-bond acceptors (Lipinski definition) is 12. The van der Waals surface area contributed by atoms with Crippen molar-refractivity contribution >= 4 is 102 Å². The first-order chi connectivity index (χ1) is 34.2. The van der Waals surface area contributed by atoms with E-state index in [0.717, 1.165) is 15.6 Å². The smallest absolute Gasteiger partial charge is 0.412 e. The Kier molecular flexibility index (Phi) is 20.5. The Balaban J connectivity index is 1.84. The molecule has 0 spiro atoms. The third kappa shape index (κ3) is 16.0. The Hall–Kier alpha value is -0.651. The van der Waals surface area contributed by atoms with Gasteiger partial charge in [0.15, 0.2) is 0 Å². The van der Waals surface area contributed by atoms with Gasteiger partial charge in [0.05, 0.1) is 0 Å². The fourth-order valence-electron chi connectivity index (χ4n) is 10.8. The Morgan fingerprint density at radius 1 is 0.284 bits per heavy atom. The molecule has 0 unspecified atom stereocenters. The predicted octanol–water partition coefficient (Wildman–Crippen LogP) is 12.7. The first kappa shape index (κ1) is 62.5. The predicted molar refractivity (Wildman–Crippen MR) is 321 cm³/mol. The quantitative estimate of drug-likeness (QED) is 0.0843. The van der Waals surface area contributed by atoms with E-state index in [0.29, 0.717) is 42.3 Å². The molecule has 74 heavy (non-hydrogen) atoms. The molecule has 3 saturated heterocycles. The topological polar surface area (TPSA) is 111 Å². The molecule has 0 aliphatic carbocycles. The first-order valence-electron chi connectivity index (χ1n) is 27.8. The number of hydrogen-bond donors (Lipinski definition) is 0. The summed E-state index contributed by atoms with van der Waals surface area (Å²) in [5, 5.41) is 3.36. The molecule has 12 nitrogen and oxygen atoms in total. The van der Waals surface area contributed by atoms with Crippen LogP contribution in [0.5, 0.6) is 0 Å². The van der Waals surface area contributed by atoms with Crippen LogP contribution in [-0.4, -0.2) is 86.6 Å². The van der Waals surface area contributed by atoms with Crippen molar-refractivity contribution in [2.45, 2.75) is 179 Å². The lowest BCUT2D eigenvalue weighted by Crippen LogP contribution is -2.84. The van der Waals surface area contributed by atoms with Gasteiger partial charge in [-0.2, -0.15) is 0 Å². The number of fused-ring (bicyclic) bond motifs is 3. The minimum absolute atomic E-state index is 0.0435. The Morgan fingerprint density at radius 3 is 0.635 bits per heavy atom. The Morgan fingerprint density at radius 2 is 0.459 bits per heavy atom. The minimum Gasteiger partial charge on any atom is -0.412 e. The van der Waals surface area contributed by atoms with Gasteiger partial charge in [-0.25, -0.2) is 0 Å². The monoisotopic (exact) mass is 1190 g/mol. The van der Waals surface area contributed by atoms with Crippen molar-refractivity contribution in [2.24, 2.45) is 41.4 Å². The molecule has 4 bridgehead atoms. The second-order valence-electron chi connectivity index (χ2n) is 25.8. The summed E-state index contributed by atoms with van der Waals surface area (Å²) in [7, 11) is -38.3. The van der Waals surface area contributed by atoms with Crippen molar-refractivity contribution in [1.82, 2.24) is 0 Å². The Bertz CT molecular complexity index is 1980. The second-order valence-corrected chi connectivity index (χ2v) is 58.8. The van der Waals surface area contributed by atoms with Gasteiger partial charge >= 0.3 is 61.6 Å². The van der Waals surface area contributed by atoms with Gasteiger partial charge in [0.1, 0.15) is 0 Å². The fourth-order valence-corrected chi connectivity index (χ4v) is 67.0. The van der Waals surface area contributed by atoms with Crippen LogP contribution >= 0.6 is 0 Å². The van der Waals surface area contributed by atoms with E-state index in [1.807, 2.05) is 0 Å². The molecule has 6 rings (SSSR count). The van der Waals surface area contributed by atoms with Gasteiger partial charge in [0, 0.05) is 42.3 Å². The Labute approximate surface area is 459 Å². The molecule has 0 atom stereocenters. The van der Waals surface area contributed by atoms with Crippen LogP contribution in [0, 0.1) is 41.4 Å². The van der Waals surface area contributed by atoms with Crippen molar-refractivity contribution < 1.29 is 49.4 Å². The third-order valence-corrected chi connectivity index (χ3v) is 59.7. The molecule has 3 aromatic carbocycles. The summed E-state index contributed by atoms with van der Waals surface area (Å²) < 4.78 is 99.0. The molecule has 0 aromatic heterocycles. The highest BCUT2D eigenvalue weighted by Crippen LogP contribution is 2.52. The van der Waals surface area contributed by atoms with Crippen LogP contribution in [0.4, 0.5) is 0 Å². The standard InChI is InChI=1S/C52H96O12Si10/c1-43(2)36-68(53-65(15,16)50-30-24-21-25-31-50)56-71(39-46(7)8)58-69(37-44(3)4,54-66(17,18)51-32-26-22-27-33-51)60-73(41-48(11)12)61-70(38-45(5)6,55-67(19,20)52-34-28-23-29-35-52)59-72(57-68,40-47(9)10)63-74(62-71,64-73)42-49(13)14/h21-35,43-49H,36-42H2,1-20H3. The molecule has 416 valence electrons.